The maximum Gasteiger partial charge on any atom is 0.119 e. The molecular weight excluding hydrogens is 262 g/mol. The van der Waals surface area contributed by atoms with Gasteiger partial charge in [-0.05, 0) is 51.5 Å². The molecule has 0 bridgehead atoms. The largest absolute Gasteiger partial charge is 0.497 e. The van der Waals surface area contributed by atoms with E-state index in [-0.39, 0.29) is 11.0 Å². The molecule has 3 nitrogen and oxygen atoms in total. The minimum absolute atomic E-state index is 0.0275. The Kier molecular flexibility index (Phi) is 6.28. The molecule has 0 radical (unpaired) electrons. The molecule has 0 saturated carbocycles. The first-order valence-electron chi connectivity index (χ1n) is 7.43. The zero-order valence-corrected chi connectivity index (χ0v) is 14.0. The Hall–Kier alpha value is -1.48. The van der Waals surface area contributed by atoms with Crippen LogP contribution < -0.4 is 14.8 Å². The Morgan fingerprint density at radius 1 is 1.10 bits per heavy atom. The molecule has 118 valence electrons. The first-order valence-corrected chi connectivity index (χ1v) is 7.43. The highest BCUT2D eigenvalue weighted by Crippen LogP contribution is 2.24. The van der Waals surface area contributed by atoms with Gasteiger partial charge in [-0.15, -0.1) is 6.58 Å². The Labute approximate surface area is 129 Å². The van der Waals surface area contributed by atoms with Crippen LogP contribution in [0.5, 0.6) is 11.5 Å². The van der Waals surface area contributed by atoms with Gasteiger partial charge in [0.05, 0.1) is 13.7 Å². The lowest BCUT2D eigenvalue weighted by Gasteiger charge is -2.31. The lowest BCUT2D eigenvalue weighted by Crippen LogP contribution is -2.42. The summed E-state index contributed by atoms with van der Waals surface area (Å²) in [6, 6.07) is 7.67. The van der Waals surface area contributed by atoms with Crippen LogP contribution >= 0.6 is 0 Å². The third-order valence-corrected chi connectivity index (χ3v) is 3.52. The minimum atomic E-state index is 0.0275. The zero-order valence-electron chi connectivity index (χ0n) is 14.0. The van der Waals surface area contributed by atoms with Crippen LogP contribution in [0.1, 0.15) is 34.1 Å². The Morgan fingerprint density at radius 3 is 2.14 bits per heavy atom. The van der Waals surface area contributed by atoms with Crippen LogP contribution in [0.3, 0.4) is 0 Å². The molecule has 0 amide bonds. The van der Waals surface area contributed by atoms with Gasteiger partial charge in [-0.25, -0.2) is 0 Å². The highest BCUT2D eigenvalue weighted by atomic mass is 16.5. The van der Waals surface area contributed by atoms with Gasteiger partial charge in [0.15, 0.2) is 0 Å². The second-order valence-corrected chi connectivity index (χ2v) is 6.74. The average molecular weight is 291 g/mol. The molecule has 0 aliphatic carbocycles. The summed E-state index contributed by atoms with van der Waals surface area (Å²) in [6.45, 7) is 14.2. The number of hydrogen-bond donors (Lipinski definition) is 1. The molecule has 1 rings (SSSR count). The smallest absolute Gasteiger partial charge is 0.119 e. The SMILES string of the molecule is C=CC(C)(CCOc1ccc(OC)cc1)CNC(C)(C)C. The lowest BCUT2D eigenvalue weighted by atomic mass is 9.86. The van der Waals surface area contributed by atoms with Crippen LogP contribution in [0.15, 0.2) is 36.9 Å². The molecule has 0 heterocycles. The quantitative estimate of drug-likeness (QED) is 0.733. The predicted octanol–water partition coefficient (Wildman–Crippen LogP) is 4.04. The van der Waals surface area contributed by atoms with Gasteiger partial charge in [0.25, 0.3) is 0 Å². The number of methoxy groups -OCH3 is 1. The average Bonchev–Trinajstić information content (AvgIpc) is 2.45. The molecule has 1 unspecified atom stereocenters. The van der Waals surface area contributed by atoms with Crippen LogP contribution in [0.25, 0.3) is 0 Å². The summed E-state index contributed by atoms with van der Waals surface area (Å²) in [5.74, 6) is 1.71. The monoisotopic (exact) mass is 291 g/mol. The second-order valence-electron chi connectivity index (χ2n) is 6.74. The number of benzene rings is 1. The van der Waals surface area contributed by atoms with E-state index in [1.165, 1.54) is 0 Å². The van der Waals surface area contributed by atoms with Crippen LogP contribution in [0.2, 0.25) is 0 Å². The summed E-state index contributed by atoms with van der Waals surface area (Å²) < 4.78 is 10.9. The van der Waals surface area contributed by atoms with Crippen molar-refractivity contribution in [3.63, 3.8) is 0 Å². The van der Waals surface area contributed by atoms with E-state index in [1.807, 2.05) is 30.3 Å². The van der Waals surface area contributed by atoms with Crippen LogP contribution in [0, 0.1) is 5.41 Å². The van der Waals surface area contributed by atoms with E-state index in [2.05, 4.69) is 39.6 Å². The number of nitrogens with one attached hydrogen (secondary N) is 1. The van der Waals surface area contributed by atoms with Gasteiger partial charge in [-0.2, -0.15) is 0 Å². The summed E-state index contributed by atoms with van der Waals surface area (Å²) in [7, 11) is 1.66. The molecule has 0 aliphatic rings. The molecular formula is C18H29NO2. The van der Waals surface area contributed by atoms with Crippen molar-refractivity contribution < 1.29 is 9.47 Å². The lowest BCUT2D eigenvalue weighted by molar-refractivity contribution is 0.231. The van der Waals surface area contributed by atoms with Crippen molar-refractivity contribution in [1.29, 1.82) is 0 Å². The van der Waals surface area contributed by atoms with Gasteiger partial charge in [-0.3, -0.25) is 0 Å². The molecule has 0 saturated heterocycles. The third-order valence-electron chi connectivity index (χ3n) is 3.52. The van der Waals surface area contributed by atoms with Crippen LogP contribution in [-0.2, 0) is 0 Å². The van der Waals surface area contributed by atoms with E-state index in [1.54, 1.807) is 7.11 Å². The molecule has 21 heavy (non-hydrogen) atoms. The van der Waals surface area contributed by atoms with E-state index in [4.69, 9.17) is 9.47 Å². The maximum absolute atomic E-state index is 5.80. The van der Waals surface area contributed by atoms with E-state index in [9.17, 15) is 0 Å². The van der Waals surface area contributed by atoms with Gasteiger partial charge >= 0.3 is 0 Å². The van der Waals surface area contributed by atoms with Gasteiger partial charge in [0.1, 0.15) is 11.5 Å². The fourth-order valence-electron chi connectivity index (χ4n) is 1.80. The predicted molar refractivity (Wildman–Crippen MR) is 89.2 cm³/mol. The first-order chi connectivity index (χ1) is 9.78. The van der Waals surface area contributed by atoms with Gasteiger partial charge < -0.3 is 14.8 Å². The minimum Gasteiger partial charge on any atom is -0.497 e. The second kappa shape index (κ2) is 7.51. The van der Waals surface area contributed by atoms with Gasteiger partial charge in [0, 0.05) is 17.5 Å². The molecule has 1 aromatic carbocycles. The molecule has 0 aromatic heterocycles. The van der Waals surface area contributed by atoms with E-state index in [0.29, 0.717) is 6.61 Å². The maximum atomic E-state index is 5.80. The number of ether oxygens (including phenoxy) is 2. The Bertz CT molecular complexity index is 434. The highest BCUT2D eigenvalue weighted by molar-refractivity contribution is 5.31. The van der Waals surface area contributed by atoms with Crippen molar-refractivity contribution in [1.82, 2.24) is 5.32 Å². The molecule has 0 spiro atoms. The molecule has 1 atom stereocenters. The molecule has 0 fully saturated rings. The summed E-state index contributed by atoms with van der Waals surface area (Å²) in [5, 5.41) is 3.53. The van der Waals surface area contributed by atoms with Gasteiger partial charge in [0.2, 0.25) is 0 Å². The van der Waals surface area contributed by atoms with Crippen molar-refractivity contribution in [2.75, 3.05) is 20.3 Å². The molecule has 3 heteroatoms. The van der Waals surface area contributed by atoms with Crippen molar-refractivity contribution in [2.45, 2.75) is 39.7 Å². The zero-order chi connectivity index (χ0) is 15.9. The summed E-state index contributed by atoms with van der Waals surface area (Å²) in [5.41, 5.74) is 0.140. The Balaban J connectivity index is 2.45. The Morgan fingerprint density at radius 2 is 1.67 bits per heavy atom. The van der Waals surface area contributed by atoms with E-state index >= 15 is 0 Å². The first kappa shape index (κ1) is 17.6. The molecule has 1 aromatic rings. The fraction of sp³-hybridized carbons (Fsp3) is 0.556. The van der Waals surface area contributed by atoms with E-state index in [0.717, 1.165) is 24.5 Å². The molecule has 1 N–H and O–H groups in total. The number of hydrogen-bond acceptors (Lipinski definition) is 3. The van der Waals surface area contributed by atoms with Crippen LogP contribution in [-0.4, -0.2) is 25.8 Å². The number of rotatable bonds is 8. The topological polar surface area (TPSA) is 30.5 Å². The van der Waals surface area contributed by atoms with Crippen LogP contribution in [0.4, 0.5) is 0 Å². The van der Waals surface area contributed by atoms with E-state index < -0.39 is 0 Å². The summed E-state index contributed by atoms with van der Waals surface area (Å²) in [6.07, 6.45) is 2.94. The van der Waals surface area contributed by atoms with Crippen molar-refractivity contribution in [3.8, 4) is 11.5 Å². The van der Waals surface area contributed by atoms with Crippen molar-refractivity contribution in [3.05, 3.63) is 36.9 Å². The summed E-state index contributed by atoms with van der Waals surface area (Å²) in [4.78, 5) is 0. The van der Waals surface area contributed by atoms with Crippen molar-refractivity contribution in [2.24, 2.45) is 5.41 Å². The highest BCUT2D eigenvalue weighted by Gasteiger charge is 2.22. The fourth-order valence-corrected chi connectivity index (χ4v) is 1.80. The van der Waals surface area contributed by atoms with Gasteiger partial charge in [-0.1, -0.05) is 13.0 Å². The molecule has 0 aliphatic heterocycles. The van der Waals surface area contributed by atoms with Crippen molar-refractivity contribution >= 4 is 0 Å². The third kappa shape index (κ3) is 6.67. The standard InChI is InChI=1S/C18H29NO2/c1-7-18(5,14-19-17(2,3)4)12-13-21-16-10-8-15(20-6)9-11-16/h7-11,19H,1,12-14H2,2-6H3. The summed E-state index contributed by atoms with van der Waals surface area (Å²) >= 11 is 0. The normalized spacial score (nSPS) is 14.3.